The van der Waals surface area contributed by atoms with Gasteiger partial charge >= 0.3 is 0 Å². The molecule has 1 heteroatoms. The summed E-state index contributed by atoms with van der Waals surface area (Å²) in [5, 5.41) is 0. The molecule has 0 radical (unpaired) electrons. The Bertz CT molecular complexity index is 740. The van der Waals surface area contributed by atoms with E-state index in [1.54, 1.807) is 0 Å². The maximum Gasteiger partial charge on any atom is 0.0175 e. The van der Waals surface area contributed by atoms with Gasteiger partial charge < -0.3 is 0 Å². The third-order valence-corrected chi connectivity index (χ3v) is 3.90. The van der Waals surface area contributed by atoms with E-state index in [1.807, 2.05) is 6.07 Å². The van der Waals surface area contributed by atoms with Crippen molar-refractivity contribution in [3.8, 4) is 11.1 Å². The molecule has 0 aliphatic heterocycles. The van der Waals surface area contributed by atoms with Crippen molar-refractivity contribution in [3.63, 3.8) is 0 Å². The van der Waals surface area contributed by atoms with Crippen molar-refractivity contribution in [1.82, 2.24) is 0 Å². The summed E-state index contributed by atoms with van der Waals surface area (Å²) in [6.45, 7) is 0. The molecule has 3 aromatic rings. The van der Waals surface area contributed by atoms with Crippen LogP contribution in [0.15, 0.2) is 83.3 Å². The van der Waals surface area contributed by atoms with Crippen LogP contribution in [0, 0.1) is 0 Å². The Balaban J connectivity index is 1.96. The number of benzene rings is 3. The zero-order valence-electron chi connectivity index (χ0n) is 11.5. The standard InChI is InChI=1S/C20H15Br/c21-19-14-12-18(13-15-19)20-9-5-4-8-17(20)11-10-16-6-2-1-3-7-16/h1-15H/b11-10+. The second-order valence-electron chi connectivity index (χ2n) is 4.84. The Morgan fingerprint density at radius 2 is 1.29 bits per heavy atom. The van der Waals surface area contributed by atoms with E-state index in [0.717, 1.165) is 4.47 Å². The molecular formula is C20H15Br. The molecule has 0 fully saturated rings. The van der Waals surface area contributed by atoms with Gasteiger partial charge in [-0.3, -0.25) is 0 Å². The molecule has 0 nitrogen and oxygen atoms in total. The van der Waals surface area contributed by atoms with Crippen LogP contribution in [0.4, 0.5) is 0 Å². The van der Waals surface area contributed by atoms with Crippen molar-refractivity contribution in [3.05, 3.63) is 94.5 Å². The van der Waals surface area contributed by atoms with Gasteiger partial charge in [0.1, 0.15) is 0 Å². The number of rotatable bonds is 3. The molecule has 0 amide bonds. The van der Waals surface area contributed by atoms with E-state index >= 15 is 0 Å². The fraction of sp³-hybridized carbons (Fsp3) is 0. The SMILES string of the molecule is Brc1ccc(-c2ccccc2/C=C/c2ccccc2)cc1. The van der Waals surface area contributed by atoms with Crippen LogP contribution in [0.1, 0.15) is 11.1 Å². The predicted molar refractivity (Wildman–Crippen MR) is 94.9 cm³/mol. The Morgan fingerprint density at radius 1 is 0.619 bits per heavy atom. The molecule has 0 aromatic heterocycles. The molecule has 21 heavy (non-hydrogen) atoms. The van der Waals surface area contributed by atoms with E-state index in [9.17, 15) is 0 Å². The molecule has 3 aromatic carbocycles. The second kappa shape index (κ2) is 6.55. The van der Waals surface area contributed by atoms with Crippen molar-refractivity contribution in [2.24, 2.45) is 0 Å². The summed E-state index contributed by atoms with van der Waals surface area (Å²) in [4.78, 5) is 0. The normalized spacial score (nSPS) is 10.9. The van der Waals surface area contributed by atoms with Crippen LogP contribution < -0.4 is 0 Å². The minimum Gasteiger partial charge on any atom is -0.0622 e. The highest BCUT2D eigenvalue weighted by Crippen LogP contribution is 2.26. The first-order chi connectivity index (χ1) is 10.3. The molecule has 0 N–H and O–H groups in total. The monoisotopic (exact) mass is 334 g/mol. The molecule has 0 bridgehead atoms. The van der Waals surface area contributed by atoms with E-state index in [2.05, 4.69) is 101 Å². The topological polar surface area (TPSA) is 0 Å². The Kier molecular flexibility index (Phi) is 4.32. The van der Waals surface area contributed by atoms with Crippen molar-refractivity contribution >= 4 is 28.1 Å². The van der Waals surface area contributed by atoms with Gasteiger partial charge in [-0.05, 0) is 34.4 Å². The molecule has 0 saturated heterocycles. The van der Waals surface area contributed by atoms with Crippen LogP contribution in [0.25, 0.3) is 23.3 Å². The first-order valence-electron chi connectivity index (χ1n) is 6.91. The predicted octanol–water partition coefficient (Wildman–Crippen LogP) is 6.29. The minimum atomic E-state index is 1.10. The van der Waals surface area contributed by atoms with Gasteiger partial charge in [0.25, 0.3) is 0 Å². The molecule has 0 saturated carbocycles. The van der Waals surface area contributed by atoms with Gasteiger partial charge in [0, 0.05) is 4.47 Å². The summed E-state index contributed by atoms with van der Waals surface area (Å²) in [6.07, 6.45) is 4.32. The summed E-state index contributed by atoms with van der Waals surface area (Å²) < 4.78 is 1.10. The van der Waals surface area contributed by atoms with Gasteiger partial charge in [0.15, 0.2) is 0 Å². The Labute approximate surface area is 133 Å². The van der Waals surface area contributed by atoms with Crippen LogP contribution in [0.3, 0.4) is 0 Å². The number of halogens is 1. The maximum absolute atomic E-state index is 3.48. The van der Waals surface area contributed by atoms with Crippen LogP contribution in [-0.2, 0) is 0 Å². The van der Waals surface area contributed by atoms with Gasteiger partial charge in [-0.15, -0.1) is 0 Å². The molecule has 0 aliphatic carbocycles. The molecule has 3 rings (SSSR count). The van der Waals surface area contributed by atoms with Gasteiger partial charge in [-0.1, -0.05) is 94.8 Å². The molecule has 0 unspecified atom stereocenters. The molecule has 0 heterocycles. The molecule has 102 valence electrons. The average molecular weight is 335 g/mol. The summed E-state index contributed by atoms with van der Waals surface area (Å²) in [6, 6.07) is 27.3. The van der Waals surface area contributed by atoms with Gasteiger partial charge in [0.2, 0.25) is 0 Å². The van der Waals surface area contributed by atoms with Crippen LogP contribution in [-0.4, -0.2) is 0 Å². The van der Waals surface area contributed by atoms with Crippen molar-refractivity contribution in [2.45, 2.75) is 0 Å². The molecule has 0 aliphatic rings. The molecular weight excluding hydrogens is 320 g/mol. The minimum absolute atomic E-state index is 1.10. The average Bonchev–Trinajstić information content (AvgIpc) is 2.55. The van der Waals surface area contributed by atoms with Crippen molar-refractivity contribution in [2.75, 3.05) is 0 Å². The first kappa shape index (κ1) is 13.8. The lowest BCUT2D eigenvalue weighted by atomic mass is 9.99. The quantitative estimate of drug-likeness (QED) is 0.494. The third kappa shape index (κ3) is 3.50. The largest absolute Gasteiger partial charge is 0.0622 e. The Morgan fingerprint density at radius 3 is 2.05 bits per heavy atom. The molecule has 0 spiro atoms. The van der Waals surface area contributed by atoms with E-state index in [4.69, 9.17) is 0 Å². The zero-order chi connectivity index (χ0) is 14.5. The van der Waals surface area contributed by atoms with E-state index in [-0.39, 0.29) is 0 Å². The number of hydrogen-bond acceptors (Lipinski definition) is 0. The summed E-state index contributed by atoms with van der Waals surface area (Å²) in [5.41, 5.74) is 4.91. The van der Waals surface area contributed by atoms with Crippen LogP contribution in [0.5, 0.6) is 0 Å². The highest BCUT2D eigenvalue weighted by atomic mass is 79.9. The number of hydrogen-bond donors (Lipinski definition) is 0. The fourth-order valence-corrected chi connectivity index (χ4v) is 2.55. The highest BCUT2D eigenvalue weighted by Gasteiger charge is 2.01. The lowest BCUT2D eigenvalue weighted by Gasteiger charge is -2.06. The summed E-state index contributed by atoms with van der Waals surface area (Å²) in [7, 11) is 0. The fourth-order valence-electron chi connectivity index (χ4n) is 2.28. The van der Waals surface area contributed by atoms with E-state index in [1.165, 1.54) is 22.3 Å². The van der Waals surface area contributed by atoms with Crippen LogP contribution in [0.2, 0.25) is 0 Å². The Hall–Kier alpha value is -2.12. The van der Waals surface area contributed by atoms with Gasteiger partial charge in [0.05, 0.1) is 0 Å². The first-order valence-corrected chi connectivity index (χ1v) is 7.70. The summed E-state index contributed by atoms with van der Waals surface area (Å²) >= 11 is 3.48. The maximum atomic E-state index is 3.48. The third-order valence-electron chi connectivity index (χ3n) is 3.37. The van der Waals surface area contributed by atoms with E-state index in [0.29, 0.717) is 0 Å². The zero-order valence-corrected chi connectivity index (χ0v) is 13.1. The van der Waals surface area contributed by atoms with Crippen LogP contribution >= 0.6 is 15.9 Å². The molecule has 0 atom stereocenters. The lowest BCUT2D eigenvalue weighted by molar-refractivity contribution is 1.57. The highest BCUT2D eigenvalue weighted by molar-refractivity contribution is 9.10. The lowest BCUT2D eigenvalue weighted by Crippen LogP contribution is -1.82. The van der Waals surface area contributed by atoms with Crippen molar-refractivity contribution < 1.29 is 0 Å². The van der Waals surface area contributed by atoms with Gasteiger partial charge in [-0.2, -0.15) is 0 Å². The smallest absolute Gasteiger partial charge is 0.0175 e. The van der Waals surface area contributed by atoms with E-state index < -0.39 is 0 Å². The van der Waals surface area contributed by atoms with Crippen molar-refractivity contribution in [1.29, 1.82) is 0 Å². The van der Waals surface area contributed by atoms with Gasteiger partial charge in [-0.25, -0.2) is 0 Å². The second-order valence-corrected chi connectivity index (χ2v) is 5.75. The summed E-state index contributed by atoms with van der Waals surface area (Å²) in [5.74, 6) is 0.